The Labute approximate surface area is 165 Å². The summed E-state index contributed by atoms with van der Waals surface area (Å²) in [6.45, 7) is 4.80. The van der Waals surface area contributed by atoms with Crippen LogP contribution in [0.15, 0.2) is 24.3 Å². The number of fused-ring (bicyclic) bond motifs is 2. The van der Waals surface area contributed by atoms with Crippen molar-refractivity contribution in [1.29, 1.82) is 0 Å². The largest absolute Gasteiger partial charge is 0.349 e. The standard InChI is InChI=1S/C22H28N4O2/c1-2-3-12-23-21(27)20-24-19(18-10-6-7-13-26(18)20)22(28)25-14-11-16-8-4-5-9-17(16)15-25/h4-5,8-9H,2-3,6-7,10-15H2,1H3,(H,23,27). The molecule has 148 valence electrons. The smallest absolute Gasteiger partial charge is 0.287 e. The van der Waals surface area contributed by atoms with E-state index in [1.54, 1.807) is 0 Å². The van der Waals surface area contributed by atoms with Gasteiger partial charge in [-0.1, -0.05) is 37.6 Å². The van der Waals surface area contributed by atoms with Gasteiger partial charge in [-0.15, -0.1) is 0 Å². The van der Waals surface area contributed by atoms with Crippen molar-refractivity contribution in [1.82, 2.24) is 19.8 Å². The molecule has 2 amide bonds. The van der Waals surface area contributed by atoms with Crippen LogP contribution in [0, 0.1) is 0 Å². The second kappa shape index (κ2) is 8.17. The predicted octanol–water partition coefficient (Wildman–Crippen LogP) is 2.95. The number of nitrogens with zero attached hydrogens (tertiary/aromatic N) is 3. The zero-order valence-electron chi connectivity index (χ0n) is 16.5. The first-order valence-corrected chi connectivity index (χ1v) is 10.4. The topological polar surface area (TPSA) is 67.2 Å². The van der Waals surface area contributed by atoms with Gasteiger partial charge in [-0.25, -0.2) is 4.98 Å². The molecule has 6 heteroatoms. The summed E-state index contributed by atoms with van der Waals surface area (Å²) in [7, 11) is 0. The number of carbonyl (C=O) groups is 2. The maximum atomic E-state index is 13.3. The molecule has 28 heavy (non-hydrogen) atoms. The van der Waals surface area contributed by atoms with Gasteiger partial charge in [0.15, 0.2) is 5.82 Å². The van der Waals surface area contributed by atoms with Gasteiger partial charge < -0.3 is 14.8 Å². The van der Waals surface area contributed by atoms with E-state index in [2.05, 4.69) is 29.4 Å². The van der Waals surface area contributed by atoms with Gasteiger partial charge in [0.05, 0.1) is 5.69 Å². The average molecular weight is 380 g/mol. The first kappa shape index (κ1) is 18.7. The summed E-state index contributed by atoms with van der Waals surface area (Å²) in [5.41, 5.74) is 3.91. The molecule has 0 atom stereocenters. The van der Waals surface area contributed by atoms with E-state index >= 15 is 0 Å². The Balaban J connectivity index is 1.59. The highest BCUT2D eigenvalue weighted by molar-refractivity contribution is 5.97. The van der Waals surface area contributed by atoms with Crippen LogP contribution in [0.4, 0.5) is 0 Å². The van der Waals surface area contributed by atoms with Crippen LogP contribution in [0.1, 0.15) is 70.5 Å². The molecule has 2 aliphatic rings. The third-order valence-electron chi connectivity index (χ3n) is 5.76. The number of hydrogen-bond donors (Lipinski definition) is 1. The Morgan fingerprint density at radius 2 is 1.93 bits per heavy atom. The van der Waals surface area contributed by atoms with Crippen molar-refractivity contribution >= 4 is 11.8 Å². The highest BCUT2D eigenvalue weighted by Gasteiger charge is 2.31. The van der Waals surface area contributed by atoms with E-state index in [0.29, 0.717) is 31.2 Å². The molecule has 0 saturated carbocycles. The molecule has 4 rings (SSSR count). The van der Waals surface area contributed by atoms with Crippen LogP contribution >= 0.6 is 0 Å². The number of rotatable bonds is 5. The molecular weight excluding hydrogens is 352 g/mol. The second-order valence-corrected chi connectivity index (χ2v) is 7.69. The first-order valence-electron chi connectivity index (χ1n) is 10.4. The molecule has 1 aromatic heterocycles. The fourth-order valence-corrected chi connectivity index (χ4v) is 4.16. The number of hydrogen-bond acceptors (Lipinski definition) is 3. The summed E-state index contributed by atoms with van der Waals surface area (Å²) < 4.78 is 1.97. The molecule has 0 aliphatic carbocycles. The van der Waals surface area contributed by atoms with Gasteiger partial charge in [-0.05, 0) is 43.2 Å². The molecular formula is C22H28N4O2. The lowest BCUT2D eigenvalue weighted by molar-refractivity contribution is 0.0727. The number of aromatic nitrogens is 2. The lowest BCUT2D eigenvalue weighted by atomic mass is 9.99. The van der Waals surface area contributed by atoms with E-state index in [0.717, 1.165) is 50.8 Å². The number of nitrogens with one attached hydrogen (secondary N) is 1. The van der Waals surface area contributed by atoms with Crippen LogP contribution in [0.3, 0.4) is 0 Å². The molecule has 0 unspecified atom stereocenters. The first-order chi connectivity index (χ1) is 13.7. The molecule has 0 fully saturated rings. The van der Waals surface area contributed by atoms with Crippen LogP contribution in [-0.2, 0) is 25.9 Å². The molecule has 0 radical (unpaired) electrons. The SMILES string of the molecule is CCCCNC(=O)c1nc(C(=O)N2CCc3ccccc3C2)c2n1CCCC2. The normalized spacial score (nSPS) is 15.7. The molecule has 6 nitrogen and oxygen atoms in total. The number of amides is 2. The Morgan fingerprint density at radius 3 is 2.75 bits per heavy atom. The third-order valence-corrected chi connectivity index (χ3v) is 5.76. The molecule has 0 bridgehead atoms. The van der Waals surface area contributed by atoms with E-state index in [1.807, 2.05) is 21.6 Å². The number of unbranched alkanes of at least 4 members (excludes halogenated alkanes) is 1. The second-order valence-electron chi connectivity index (χ2n) is 7.69. The maximum Gasteiger partial charge on any atom is 0.287 e. The van der Waals surface area contributed by atoms with Crippen molar-refractivity contribution in [2.75, 3.05) is 13.1 Å². The molecule has 2 aliphatic heterocycles. The van der Waals surface area contributed by atoms with Gasteiger partial charge in [0.2, 0.25) is 0 Å². The Morgan fingerprint density at radius 1 is 1.11 bits per heavy atom. The van der Waals surface area contributed by atoms with Crippen LogP contribution in [0.5, 0.6) is 0 Å². The minimum atomic E-state index is -0.167. The average Bonchev–Trinajstić information content (AvgIpc) is 3.13. The lowest BCUT2D eigenvalue weighted by Gasteiger charge is -2.28. The maximum absolute atomic E-state index is 13.3. The van der Waals surface area contributed by atoms with E-state index in [4.69, 9.17) is 0 Å². The van der Waals surface area contributed by atoms with Crippen molar-refractivity contribution in [3.05, 3.63) is 52.6 Å². The summed E-state index contributed by atoms with van der Waals surface area (Å²) >= 11 is 0. The number of benzene rings is 1. The van der Waals surface area contributed by atoms with Crippen molar-refractivity contribution in [2.45, 2.75) is 58.5 Å². The van der Waals surface area contributed by atoms with Gasteiger partial charge in [-0.2, -0.15) is 0 Å². The van der Waals surface area contributed by atoms with E-state index in [1.165, 1.54) is 11.1 Å². The Kier molecular flexibility index (Phi) is 5.46. The molecule has 1 N–H and O–H groups in total. The van der Waals surface area contributed by atoms with Crippen LogP contribution in [0.2, 0.25) is 0 Å². The van der Waals surface area contributed by atoms with Crippen LogP contribution in [0.25, 0.3) is 0 Å². The van der Waals surface area contributed by atoms with Crippen LogP contribution < -0.4 is 5.32 Å². The third kappa shape index (κ3) is 3.55. The fraction of sp³-hybridized carbons (Fsp3) is 0.500. The summed E-state index contributed by atoms with van der Waals surface area (Å²) in [6, 6.07) is 8.29. The molecule has 2 aromatic rings. The van der Waals surface area contributed by atoms with E-state index < -0.39 is 0 Å². The van der Waals surface area contributed by atoms with Crippen molar-refractivity contribution in [3.8, 4) is 0 Å². The van der Waals surface area contributed by atoms with Gasteiger partial charge in [0.25, 0.3) is 11.8 Å². The lowest BCUT2D eigenvalue weighted by Crippen LogP contribution is -2.36. The van der Waals surface area contributed by atoms with Gasteiger partial charge in [0.1, 0.15) is 5.69 Å². The zero-order chi connectivity index (χ0) is 19.5. The fourth-order valence-electron chi connectivity index (χ4n) is 4.16. The van der Waals surface area contributed by atoms with E-state index in [-0.39, 0.29) is 11.8 Å². The van der Waals surface area contributed by atoms with Gasteiger partial charge in [0, 0.05) is 26.2 Å². The molecule has 3 heterocycles. The van der Waals surface area contributed by atoms with Crippen molar-refractivity contribution in [2.24, 2.45) is 0 Å². The Bertz CT molecular complexity index is 887. The van der Waals surface area contributed by atoms with E-state index in [9.17, 15) is 9.59 Å². The van der Waals surface area contributed by atoms with Crippen molar-refractivity contribution < 1.29 is 9.59 Å². The Hall–Kier alpha value is -2.63. The summed E-state index contributed by atoms with van der Waals surface area (Å²) in [4.78, 5) is 32.4. The minimum Gasteiger partial charge on any atom is -0.349 e. The quantitative estimate of drug-likeness (QED) is 0.811. The van der Waals surface area contributed by atoms with Gasteiger partial charge in [-0.3, -0.25) is 9.59 Å². The number of carbonyl (C=O) groups excluding carboxylic acids is 2. The summed E-state index contributed by atoms with van der Waals surface area (Å²) in [5.74, 6) is 0.180. The molecule has 0 saturated heterocycles. The molecule has 1 aromatic carbocycles. The predicted molar refractivity (Wildman–Crippen MR) is 107 cm³/mol. The molecule has 0 spiro atoms. The summed E-state index contributed by atoms with van der Waals surface area (Å²) in [5, 5.41) is 2.95. The zero-order valence-corrected chi connectivity index (χ0v) is 16.5. The minimum absolute atomic E-state index is 0.0484. The number of imidazole rings is 1. The highest BCUT2D eigenvalue weighted by Crippen LogP contribution is 2.25. The van der Waals surface area contributed by atoms with Gasteiger partial charge >= 0.3 is 0 Å². The highest BCUT2D eigenvalue weighted by atomic mass is 16.2. The van der Waals surface area contributed by atoms with Crippen LogP contribution in [-0.4, -0.2) is 39.4 Å². The monoisotopic (exact) mass is 380 g/mol. The van der Waals surface area contributed by atoms with Crippen molar-refractivity contribution in [3.63, 3.8) is 0 Å². The summed E-state index contributed by atoms with van der Waals surface area (Å²) in [6.07, 6.45) is 5.69.